The van der Waals surface area contributed by atoms with Gasteiger partial charge in [0, 0.05) is 6.42 Å². The predicted octanol–water partition coefficient (Wildman–Crippen LogP) is 4.42. The molecule has 0 aliphatic rings. The minimum atomic E-state index is -1.26. The van der Waals surface area contributed by atoms with Gasteiger partial charge < -0.3 is 14.4 Å². The first-order valence-electron chi connectivity index (χ1n) is 11.0. The van der Waals surface area contributed by atoms with Crippen LogP contribution >= 0.6 is 0 Å². The second-order valence-electron chi connectivity index (χ2n) is 8.64. The van der Waals surface area contributed by atoms with Crippen LogP contribution in [0.2, 0.25) is 0 Å². The van der Waals surface area contributed by atoms with Gasteiger partial charge in [-0.3, -0.25) is 4.79 Å². The maximum atomic E-state index is 12.1. The van der Waals surface area contributed by atoms with Gasteiger partial charge in [0.25, 0.3) is 0 Å². The molecule has 0 radical (unpaired) electrons. The molecule has 158 valence electrons. The number of carboxylic acid groups (broad SMARTS) is 1. The quantitative estimate of drug-likeness (QED) is 0.153. The van der Waals surface area contributed by atoms with Gasteiger partial charge in [-0.05, 0) is 32.1 Å². The van der Waals surface area contributed by atoms with Gasteiger partial charge in [-0.25, -0.2) is 0 Å². The highest BCUT2D eigenvalue weighted by molar-refractivity contribution is 6.00. The second-order valence-corrected chi connectivity index (χ2v) is 8.64. The van der Waals surface area contributed by atoms with Crippen LogP contribution in [-0.2, 0) is 9.59 Å². The van der Waals surface area contributed by atoms with Gasteiger partial charge in [0.05, 0.1) is 21.1 Å². The molecule has 0 aromatic carbocycles. The Morgan fingerprint density at radius 3 is 1.67 bits per heavy atom. The first kappa shape index (κ1) is 25.8. The number of likely N-dealkylation sites (N-methyl/N-ethyl adjacent to an activating group) is 1. The number of hydrogen-bond donors (Lipinski definition) is 0. The average Bonchev–Trinajstić information content (AvgIpc) is 2.56. The van der Waals surface area contributed by atoms with Crippen LogP contribution in [0.3, 0.4) is 0 Å². The first-order valence-corrected chi connectivity index (χ1v) is 11.0. The highest BCUT2D eigenvalue weighted by Gasteiger charge is 2.31. The fraction of sp³-hybridized carbons (Fsp3) is 0.826. The molecule has 0 aromatic heterocycles. The van der Waals surface area contributed by atoms with Crippen molar-refractivity contribution < 1.29 is 19.2 Å². The summed E-state index contributed by atoms with van der Waals surface area (Å²) in [6.45, 7) is 2.25. The standard InChI is InChI=1S/C23H43NO3/c1-5-6-7-8-9-10-11-12-13-14-15-16-17-18-19-20-21(25)22(23(26)27)24(2,3)4/h12-13,22H,5-11,14-20H2,1-4H3/b13-12-. The van der Waals surface area contributed by atoms with E-state index in [0.29, 0.717) is 6.42 Å². The van der Waals surface area contributed by atoms with Crippen LogP contribution in [0, 0.1) is 0 Å². The molecular weight excluding hydrogens is 338 g/mol. The second kappa shape index (κ2) is 15.9. The number of Topliss-reactive ketones (excluding diaryl/α,β-unsaturated/α-hetero) is 1. The molecule has 1 atom stereocenters. The number of nitrogens with zero attached hydrogens (tertiary/aromatic N) is 1. The zero-order valence-corrected chi connectivity index (χ0v) is 18.3. The summed E-state index contributed by atoms with van der Waals surface area (Å²) in [6.07, 6.45) is 20.7. The third-order valence-electron chi connectivity index (χ3n) is 4.99. The van der Waals surface area contributed by atoms with Gasteiger partial charge in [-0.1, -0.05) is 70.4 Å². The van der Waals surface area contributed by atoms with E-state index in [2.05, 4.69) is 19.1 Å². The molecule has 4 nitrogen and oxygen atoms in total. The molecular formula is C23H43NO3. The van der Waals surface area contributed by atoms with Crippen molar-refractivity contribution in [3.8, 4) is 0 Å². The number of allylic oxidation sites excluding steroid dienone is 2. The Labute approximate surface area is 167 Å². The lowest BCUT2D eigenvalue weighted by atomic mass is 10.0. The van der Waals surface area contributed by atoms with Crippen molar-refractivity contribution in [3.63, 3.8) is 0 Å². The van der Waals surface area contributed by atoms with Crippen molar-refractivity contribution in [3.05, 3.63) is 12.2 Å². The van der Waals surface area contributed by atoms with Crippen LogP contribution in [0.25, 0.3) is 0 Å². The van der Waals surface area contributed by atoms with Gasteiger partial charge in [-0.15, -0.1) is 0 Å². The molecule has 4 heteroatoms. The van der Waals surface area contributed by atoms with E-state index in [0.717, 1.165) is 25.7 Å². The molecule has 0 fully saturated rings. The summed E-state index contributed by atoms with van der Waals surface area (Å²) >= 11 is 0. The van der Waals surface area contributed by atoms with Crippen LogP contribution < -0.4 is 5.11 Å². The van der Waals surface area contributed by atoms with Crippen LogP contribution in [-0.4, -0.2) is 43.4 Å². The molecule has 0 spiro atoms. The topological polar surface area (TPSA) is 57.2 Å². The average molecular weight is 382 g/mol. The van der Waals surface area contributed by atoms with Crippen LogP contribution in [0.5, 0.6) is 0 Å². The smallest absolute Gasteiger partial charge is 0.195 e. The zero-order chi connectivity index (χ0) is 20.5. The van der Waals surface area contributed by atoms with E-state index >= 15 is 0 Å². The molecule has 0 aliphatic heterocycles. The third kappa shape index (κ3) is 14.6. The Morgan fingerprint density at radius 1 is 0.778 bits per heavy atom. The van der Waals surface area contributed by atoms with E-state index in [1.54, 1.807) is 21.1 Å². The van der Waals surface area contributed by atoms with Gasteiger partial charge in [-0.2, -0.15) is 0 Å². The summed E-state index contributed by atoms with van der Waals surface area (Å²) in [4.78, 5) is 23.3. The molecule has 0 heterocycles. The van der Waals surface area contributed by atoms with Crippen molar-refractivity contribution in [1.82, 2.24) is 0 Å². The Balaban J connectivity index is 3.58. The van der Waals surface area contributed by atoms with Gasteiger partial charge in [0.2, 0.25) is 0 Å². The van der Waals surface area contributed by atoms with E-state index in [-0.39, 0.29) is 10.3 Å². The summed E-state index contributed by atoms with van der Waals surface area (Å²) in [7, 11) is 5.16. The summed E-state index contributed by atoms with van der Waals surface area (Å²) in [5.74, 6) is -1.47. The molecule has 0 bridgehead atoms. The van der Waals surface area contributed by atoms with Crippen LogP contribution in [0.15, 0.2) is 12.2 Å². The fourth-order valence-corrected chi connectivity index (χ4v) is 3.39. The number of rotatable bonds is 18. The Bertz CT molecular complexity index is 424. The highest BCUT2D eigenvalue weighted by atomic mass is 16.4. The number of carbonyl (C=O) groups is 2. The van der Waals surface area contributed by atoms with Crippen LogP contribution in [0.1, 0.15) is 96.8 Å². The molecule has 0 saturated heterocycles. The van der Waals surface area contributed by atoms with E-state index in [1.807, 2.05) is 0 Å². The van der Waals surface area contributed by atoms with E-state index in [1.165, 1.54) is 57.8 Å². The van der Waals surface area contributed by atoms with E-state index in [4.69, 9.17) is 0 Å². The lowest BCUT2D eigenvalue weighted by molar-refractivity contribution is -0.880. The Morgan fingerprint density at radius 2 is 1.22 bits per heavy atom. The first-order chi connectivity index (χ1) is 12.8. The highest BCUT2D eigenvalue weighted by Crippen LogP contribution is 2.12. The maximum Gasteiger partial charge on any atom is 0.195 e. The molecule has 0 aromatic rings. The number of hydrogen-bond acceptors (Lipinski definition) is 3. The summed E-state index contributed by atoms with van der Waals surface area (Å²) < 4.78 is 0.0895. The van der Waals surface area contributed by atoms with Gasteiger partial charge in [0.1, 0.15) is 5.97 Å². The summed E-state index contributed by atoms with van der Waals surface area (Å²) in [5.41, 5.74) is 0. The third-order valence-corrected chi connectivity index (χ3v) is 4.99. The van der Waals surface area contributed by atoms with Crippen molar-refractivity contribution in [1.29, 1.82) is 0 Å². The molecule has 0 N–H and O–H groups in total. The minimum Gasteiger partial charge on any atom is -0.544 e. The number of aliphatic carboxylic acids is 1. The number of carbonyl (C=O) groups excluding carboxylic acids is 2. The Hall–Kier alpha value is -1.16. The lowest BCUT2D eigenvalue weighted by Crippen LogP contribution is -2.58. The molecule has 0 amide bonds. The van der Waals surface area contributed by atoms with Gasteiger partial charge in [0.15, 0.2) is 11.8 Å². The monoisotopic (exact) mass is 381 g/mol. The van der Waals surface area contributed by atoms with Crippen LogP contribution in [0.4, 0.5) is 0 Å². The molecule has 27 heavy (non-hydrogen) atoms. The number of carboxylic acids is 1. The Kier molecular flexibility index (Phi) is 15.2. The van der Waals surface area contributed by atoms with Crippen molar-refractivity contribution in [2.75, 3.05) is 21.1 Å². The SMILES string of the molecule is CCCCCCCC/C=C\CCCCCCCC(=O)C(C(=O)[O-])[N+](C)(C)C. The van der Waals surface area contributed by atoms with E-state index in [9.17, 15) is 14.7 Å². The van der Waals surface area contributed by atoms with Crippen molar-refractivity contribution in [2.45, 2.75) is 103 Å². The zero-order valence-electron chi connectivity index (χ0n) is 18.3. The molecule has 0 rings (SSSR count). The molecule has 0 aliphatic carbocycles. The molecule has 1 unspecified atom stereocenters. The fourth-order valence-electron chi connectivity index (χ4n) is 3.39. The number of unbranched alkanes of at least 4 members (excludes halogenated alkanes) is 11. The number of ketones is 1. The van der Waals surface area contributed by atoms with Gasteiger partial charge >= 0.3 is 0 Å². The normalized spacial score (nSPS) is 13.2. The minimum absolute atomic E-state index is 0.0895. The summed E-state index contributed by atoms with van der Waals surface area (Å²) in [5, 5.41) is 11.2. The van der Waals surface area contributed by atoms with Crippen molar-refractivity contribution in [2.24, 2.45) is 0 Å². The number of quaternary nitrogens is 1. The van der Waals surface area contributed by atoms with E-state index < -0.39 is 12.0 Å². The largest absolute Gasteiger partial charge is 0.544 e. The lowest BCUT2D eigenvalue weighted by Gasteiger charge is -2.33. The van der Waals surface area contributed by atoms with Crippen molar-refractivity contribution >= 4 is 11.8 Å². The molecule has 0 saturated carbocycles. The summed E-state index contributed by atoms with van der Waals surface area (Å²) in [6, 6.07) is -1.05. The predicted molar refractivity (Wildman–Crippen MR) is 111 cm³/mol. The maximum absolute atomic E-state index is 12.1.